The molecule has 1 amide bonds. The summed E-state index contributed by atoms with van der Waals surface area (Å²) in [7, 11) is 0. The lowest BCUT2D eigenvalue weighted by Gasteiger charge is -2.34. The lowest BCUT2D eigenvalue weighted by Crippen LogP contribution is -2.45. The van der Waals surface area contributed by atoms with Gasteiger partial charge in [0.2, 0.25) is 11.8 Å². The zero-order valence-corrected chi connectivity index (χ0v) is 18.0. The van der Waals surface area contributed by atoms with Gasteiger partial charge in [-0.1, -0.05) is 35.5 Å². The molecule has 0 atom stereocenters. The number of ether oxygens (including phenoxy) is 2. The van der Waals surface area contributed by atoms with Gasteiger partial charge in [0.1, 0.15) is 0 Å². The standard InChI is InChI=1S/C24H31N3O4/c28-23(24(11-12-24)19-4-2-1-3-5-19)27-13-6-20(7-14-27)30-17-10-21-25-22(31-26-21)18-8-15-29-16-9-18/h1-5,18,20H,6-17H2. The summed E-state index contributed by atoms with van der Waals surface area (Å²) in [4.78, 5) is 19.8. The SMILES string of the molecule is O=C(N1CCC(OCCc2noc(C3CCOCC3)n2)CC1)C1(c2ccccc2)CC1. The first-order chi connectivity index (χ1) is 15.2. The van der Waals surface area contributed by atoms with Crippen molar-refractivity contribution in [1.82, 2.24) is 15.0 Å². The van der Waals surface area contributed by atoms with Crippen molar-refractivity contribution in [2.45, 2.75) is 62.4 Å². The van der Waals surface area contributed by atoms with Gasteiger partial charge in [0.05, 0.1) is 18.1 Å². The van der Waals surface area contributed by atoms with Crippen molar-refractivity contribution in [2.75, 3.05) is 32.9 Å². The Kier molecular flexibility index (Phi) is 6.05. The van der Waals surface area contributed by atoms with Crippen LogP contribution >= 0.6 is 0 Å². The fourth-order valence-corrected chi connectivity index (χ4v) is 4.83. The number of hydrogen-bond donors (Lipinski definition) is 0. The van der Waals surface area contributed by atoms with E-state index in [0.29, 0.717) is 30.7 Å². The Morgan fingerprint density at radius 3 is 2.55 bits per heavy atom. The third-order valence-electron chi connectivity index (χ3n) is 6.95. The average Bonchev–Trinajstić information content (AvgIpc) is 3.52. The summed E-state index contributed by atoms with van der Waals surface area (Å²) >= 11 is 0. The maximum atomic E-state index is 13.2. The van der Waals surface area contributed by atoms with E-state index in [2.05, 4.69) is 22.3 Å². The minimum atomic E-state index is -0.268. The zero-order chi connectivity index (χ0) is 21.1. The Morgan fingerprint density at radius 2 is 1.84 bits per heavy atom. The molecule has 2 aliphatic heterocycles. The molecular weight excluding hydrogens is 394 g/mol. The van der Waals surface area contributed by atoms with Crippen LogP contribution in [0.2, 0.25) is 0 Å². The van der Waals surface area contributed by atoms with Gasteiger partial charge in [-0.15, -0.1) is 0 Å². The molecule has 0 spiro atoms. The van der Waals surface area contributed by atoms with Crippen LogP contribution in [0.25, 0.3) is 0 Å². The number of aromatic nitrogens is 2. The molecular formula is C24H31N3O4. The number of carbonyl (C=O) groups is 1. The molecule has 0 bridgehead atoms. The normalized spacial score (nSPS) is 21.9. The minimum Gasteiger partial charge on any atom is -0.381 e. The van der Waals surface area contributed by atoms with E-state index in [4.69, 9.17) is 14.0 Å². The predicted molar refractivity (Wildman–Crippen MR) is 114 cm³/mol. The Labute approximate surface area is 183 Å². The van der Waals surface area contributed by atoms with Crippen molar-refractivity contribution in [2.24, 2.45) is 0 Å². The highest BCUT2D eigenvalue weighted by atomic mass is 16.5. The minimum absolute atomic E-state index is 0.192. The van der Waals surface area contributed by atoms with Crippen molar-refractivity contribution >= 4 is 5.91 Å². The first kappa shape index (κ1) is 20.6. The molecule has 1 aromatic carbocycles. The molecule has 2 aromatic rings. The molecule has 1 saturated carbocycles. The Morgan fingerprint density at radius 1 is 1.10 bits per heavy atom. The van der Waals surface area contributed by atoms with Crippen LogP contribution < -0.4 is 0 Å². The number of amides is 1. The quantitative estimate of drug-likeness (QED) is 0.678. The van der Waals surface area contributed by atoms with Crippen molar-refractivity contribution in [3.63, 3.8) is 0 Å². The molecule has 3 aliphatic rings. The van der Waals surface area contributed by atoms with Crippen molar-refractivity contribution in [3.8, 4) is 0 Å². The molecule has 166 valence electrons. The maximum absolute atomic E-state index is 13.2. The van der Waals surface area contributed by atoms with Gasteiger partial charge < -0.3 is 18.9 Å². The van der Waals surface area contributed by atoms with E-state index in [1.165, 1.54) is 5.56 Å². The van der Waals surface area contributed by atoms with Crippen LogP contribution in [0.1, 0.15) is 61.7 Å². The van der Waals surface area contributed by atoms with E-state index in [9.17, 15) is 4.79 Å². The van der Waals surface area contributed by atoms with E-state index < -0.39 is 0 Å². The highest BCUT2D eigenvalue weighted by Crippen LogP contribution is 2.49. The molecule has 1 aliphatic carbocycles. The lowest BCUT2D eigenvalue weighted by atomic mass is 9.93. The second-order valence-corrected chi connectivity index (χ2v) is 9.00. The lowest BCUT2D eigenvalue weighted by molar-refractivity contribution is -0.136. The van der Waals surface area contributed by atoms with Crippen LogP contribution in [0.5, 0.6) is 0 Å². The summed E-state index contributed by atoms with van der Waals surface area (Å²) in [6.07, 6.45) is 6.44. The molecule has 1 aromatic heterocycles. The summed E-state index contributed by atoms with van der Waals surface area (Å²) in [5, 5.41) is 4.11. The summed E-state index contributed by atoms with van der Waals surface area (Å²) in [6.45, 7) is 3.65. The van der Waals surface area contributed by atoms with Crippen LogP contribution in [0, 0.1) is 0 Å². The van der Waals surface area contributed by atoms with E-state index in [1.54, 1.807) is 0 Å². The molecule has 5 rings (SSSR count). The molecule has 2 saturated heterocycles. The Hall–Kier alpha value is -2.25. The number of likely N-dealkylation sites (tertiary alicyclic amines) is 1. The molecule has 3 fully saturated rings. The Balaban J connectivity index is 1.06. The fourth-order valence-electron chi connectivity index (χ4n) is 4.83. The zero-order valence-electron chi connectivity index (χ0n) is 18.0. The number of hydrogen-bond acceptors (Lipinski definition) is 6. The first-order valence-electron chi connectivity index (χ1n) is 11.6. The van der Waals surface area contributed by atoms with Crippen LogP contribution in [-0.2, 0) is 26.1 Å². The molecule has 31 heavy (non-hydrogen) atoms. The number of nitrogens with zero attached hydrogens (tertiary/aromatic N) is 3. The number of benzene rings is 1. The van der Waals surface area contributed by atoms with Crippen LogP contribution in [-0.4, -0.2) is 60.0 Å². The Bertz CT molecular complexity index is 866. The maximum Gasteiger partial charge on any atom is 0.233 e. The van der Waals surface area contributed by atoms with E-state index in [0.717, 1.165) is 70.7 Å². The van der Waals surface area contributed by atoms with Crippen LogP contribution in [0.4, 0.5) is 0 Å². The molecule has 0 radical (unpaired) electrons. The van der Waals surface area contributed by atoms with Crippen LogP contribution in [0.3, 0.4) is 0 Å². The van der Waals surface area contributed by atoms with E-state index in [-0.39, 0.29) is 11.5 Å². The van der Waals surface area contributed by atoms with Crippen molar-refractivity contribution in [3.05, 3.63) is 47.6 Å². The van der Waals surface area contributed by atoms with Gasteiger partial charge in [-0.25, -0.2) is 0 Å². The second-order valence-electron chi connectivity index (χ2n) is 9.00. The summed E-state index contributed by atoms with van der Waals surface area (Å²) in [5.41, 5.74) is 0.897. The molecule has 7 heteroatoms. The third kappa shape index (κ3) is 4.53. The van der Waals surface area contributed by atoms with Crippen molar-refractivity contribution in [1.29, 1.82) is 0 Å². The summed E-state index contributed by atoms with van der Waals surface area (Å²) in [6, 6.07) is 10.2. The predicted octanol–water partition coefficient (Wildman–Crippen LogP) is 3.25. The van der Waals surface area contributed by atoms with E-state index in [1.807, 2.05) is 23.1 Å². The van der Waals surface area contributed by atoms with Gasteiger partial charge in [-0.3, -0.25) is 4.79 Å². The van der Waals surface area contributed by atoms with Crippen LogP contribution in [0.15, 0.2) is 34.9 Å². The van der Waals surface area contributed by atoms with E-state index >= 15 is 0 Å². The first-order valence-corrected chi connectivity index (χ1v) is 11.6. The number of carbonyl (C=O) groups excluding carboxylic acids is 1. The fraction of sp³-hybridized carbons (Fsp3) is 0.625. The summed E-state index contributed by atoms with van der Waals surface area (Å²) in [5.74, 6) is 2.07. The molecule has 0 unspecified atom stereocenters. The van der Waals surface area contributed by atoms with Gasteiger partial charge in [0.25, 0.3) is 0 Å². The molecule has 3 heterocycles. The number of rotatable bonds is 7. The third-order valence-corrected chi connectivity index (χ3v) is 6.95. The van der Waals surface area contributed by atoms with Gasteiger partial charge in [-0.05, 0) is 44.1 Å². The highest BCUT2D eigenvalue weighted by Gasteiger charge is 2.53. The molecule has 0 N–H and O–H groups in total. The topological polar surface area (TPSA) is 77.7 Å². The van der Waals surface area contributed by atoms with Gasteiger partial charge in [0.15, 0.2) is 5.82 Å². The van der Waals surface area contributed by atoms with Gasteiger partial charge in [-0.2, -0.15) is 4.98 Å². The summed E-state index contributed by atoms with van der Waals surface area (Å²) < 4.78 is 16.9. The number of piperidine rings is 1. The monoisotopic (exact) mass is 425 g/mol. The average molecular weight is 426 g/mol. The largest absolute Gasteiger partial charge is 0.381 e. The van der Waals surface area contributed by atoms with Crippen molar-refractivity contribution < 1.29 is 18.8 Å². The van der Waals surface area contributed by atoms with Gasteiger partial charge in [0, 0.05) is 38.6 Å². The van der Waals surface area contributed by atoms with Gasteiger partial charge >= 0.3 is 0 Å². The molecule has 7 nitrogen and oxygen atoms in total. The second kappa shape index (κ2) is 9.09. The highest BCUT2D eigenvalue weighted by molar-refractivity contribution is 5.91. The smallest absolute Gasteiger partial charge is 0.233 e.